The quantitative estimate of drug-likeness (QED) is 0.820. The van der Waals surface area contributed by atoms with Gasteiger partial charge in [0.05, 0.1) is 26.9 Å². The summed E-state index contributed by atoms with van der Waals surface area (Å²) in [7, 11) is 4.67. The first-order chi connectivity index (χ1) is 9.19. The summed E-state index contributed by atoms with van der Waals surface area (Å²) >= 11 is 0. The molecule has 0 saturated carbocycles. The van der Waals surface area contributed by atoms with Gasteiger partial charge >= 0.3 is 0 Å². The fraction of sp³-hybridized carbons (Fsp3) is 0.333. The van der Waals surface area contributed by atoms with Crippen molar-refractivity contribution in [2.75, 3.05) is 21.3 Å². The fourth-order valence-corrected chi connectivity index (χ4v) is 1.59. The number of hydrogen-bond donors (Lipinski definition) is 0. The van der Waals surface area contributed by atoms with Crippen LogP contribution >= 0.6 is 0 Å². The molecular formula is C12H14N4O3. The smallest absolute Gasteiger partial charge is 0.207 e. The molecule has 0 atom stereocenters. The number of hydrogen-bond acceptors (Lipinski definition) is 7. The molecule has 19 heavy (non-hydrogen) atoms. The van der Waals surface area contributed by atoms with E-state index in [0.717, 1.165) is 0 Å². The molecule has 7 heteroatoms. The van der Waals surface area contributed by atoms with Gasteiger partial charge in [-0.25, -0.2) is 0 Å². The molecule has 0 aliphatic carbocycles. The molecule has 0 saturated heterocycles. The number of nitrogens with zero attached hydrogens (tertiary/aromatic N) is 4. The Morgan fingerprint density at radius 2 is 1.26 bits per heavy atom. The van der Waals surface area contributed by atoms with E-state index in [2.05, 4.69) is 20.4 Å². The molecule has 2 rings (SSSR count). The maximum atomic E-state index is 5.30. The lowest BCUT2D eigenvalue weighted by Gasteiger charge is -2.12. The molecule has 2 aromatic rings. The molecule has 1 heterocycles. The van der Waals surface area contributed by atoms with E-state index in [1.165, 1.54) is 0 Å². The van der Waals surface area contributed by atoms with Gasteiger partial charge < -0.3 is 14.2 Å². The summed E-state index contributed by atoms with van der Waals surface area (Å²) in [6.45, 7) is 1.72. The summed E-state index contributed by atoms with van der Waals surface area (Å²) < 4.78 is 15.8. The molecule has 100 valence electrons. The van der Waals surface area contributed by atoms with Crippen molar-refractivity contribution in [2.24, 2.45) is 0 Å². The van der Waals surface area contributed by atoms with E-state index in [-0.39, 0.29) is 0 Å². The fourth-order valence-electron chi connectivity index (χ4n) is 1.59. The van der Waals surface area contributed by atoms with Gasteiger partial charge in [0.25, 0.3) is 0 Å². The van der Waals surface area contributed by atoms with Gasteiger partial charge in [0.1, 0.15) is 5.75 Å². The lowest BCUT2D eigenvalue weighted by molar-refractivity contribution is 0.349. The molecular weight excluding hydrogens is 248 g/mol. The van der Waals surface area contributed by atoms with Crippen LogP contribution in [0.3, 0.4) is 0 Å². The Labute approximate surface area is 110 Å². The molecule has 0 fully saturated rings. The topological polar surface area (TPSA) is 79.3 Å². The first-order valence-corrected chi connectivity index (χ1v) is 5.54. The Balaban J connectivity index is 2.57. The van der Waals surface area contributed by atoms with Crippen molar-refractivity contribution in [1.82, 2.24) is 20.4 Å². The van der Waals surface area contributed by atoms with Gasteiger partial charge in [-0.3, -0.25) is 0 Å². The Hall–Kier alpha value is -2.44. The predicted octanol–water partition coefficient (Wildman–Crippen LogP) is 1.27. The second-order valence-electron chi connectivity index (χ2n) is 3.68. The zero-order chi connectivity index (χ0) is 13.8. The van der Waals surface area contributed by atoms with Crippen LogP contribution in [0.5, 0.6) is 17.2 Å². The summed E-state index contributed by atoms with van der Waals surface area (Å²) in [5.41, 5.74) is 0.639. The Bertz CT molecular complexity index is 572. The maximum absolute atomic E-state index is 5.30. The van der Waals surface area contributed by atoms with Gasteiger partial charge in [-0.1, -0.05) is 0 Å². The second kappa shape index (κ2) is 5.47. The average Bonchev–Trinajstić information content (AvgIpc) is 2.46. The van der Waals surface area contributed by atoms with Gasteiger partial charge in [0.15, 0.2) is 17.3 Å². The molecule has 0 N–H and O–H groups in total. The molecule has 0 bridgehead atoms. The van der Waals surface area contributed by atoms with Crippen LogP contribution in [-0.4, -0.2) is 41.7 Å². The number of rotatable bonds is 4. The SMILES string of the molecule is COc1cc(OC)c(-c2nnc(C)nn2)cc1OC. The predicted molar refractivity (Wildman–Crippen MR) is 67.5 cm³/mol. The van der Waals surface area contributed by atoms with Gasteiger partial charge in [-0.2, -0.15) is 0 Å². The lowest BCUT2D eigenvalue weighted by Crippen LogP contribution is -2.01. The minimum Gasteiger partial charge on any atom is -0.496 e. The Morgan fingerprint density at radius 3 is 1.79 bits per heavy atom. The first kappa shape index (κ1) is 13.0. The molecule has 0 aliphatic heterocycles. The minimum atomic E-state index is 0.364. The van der Waals surface area contributed by atoms with Crippen LogP contribution in [0, 0.1) is 6.92 Å². The highest BCUT2D eigenvalue weighted by Crippen LogP contribution is 2.38. The number of aromatic nitrogens is 4. The number of ether oxygens (including phenoxy) is 3. The summed E-state index contributed by atoms with van der Waals surface area (Å²) in [6.07, 6.45) is 0. The normalized spacial score (nSPS) is 10.1. The third-order valence-electron chi connectivity index (χ3n) is 2.53. The van der Waals surface area contributed by atoms with Crippen LogP contribution in [0.4, 0.5) is 0 Å². The van der Waals surface area contributed by atoms with E-state index < -0.39 is 0 Å². The third-order valence-corrected chi connectivity index (χ3v) is 2.53. The van der Waals surface area contributed by atoms with Gasteiger partial charge in [-0.05, 0) is 13.0 Å². The van der Waals surface area contributed by atoms with Crippen LogP contribution in [-0.2, 0) is 0 Å². The van der Waals surface area contributed by atoms with E-state index in [4.69, 9.17) is 14.2 Å². The van der Waals surface area contributed by atoms with Crippen molar-refractivity contribution in [3.8, 4) is 28.6 Å². The van der Waals surface area contributed by atoms with Crippen LogP contribution in [0.15, 0.2) is 12.1 Å². The first-order valence-electron chi connectivity index (χ1n) is 5.54. The van der Waals surface area contributed by atoms with Crippen molar-refractivity contribution >= 4 is 0 Å². The molecule has 1 aromatic carbocycles. The van der Waals surface area contributed by atoms with Crippen molar-refractivity contribution in [3.63, 3.8) is 0 Å². The minimum absolute atomic E-state index is 0.364. The summed E-state index contributed by atoms with van der Waals surface area (Å²) in [4.78, 5) is 0. The molecule has 0 spiro atoms. The summed E-state index contributed by atoms with van der Waals surface area (Å²) in [6, 6.07) is 3.43. The number of aryl methyl sites for hydroxylation is 1. The van der Waals surface area contributed by atoms with Crippen LogP contribution in [0.1, 0.15) is 5.82 Å². The van der Waals surface area contributed by atoms with Crippen LogP contribution in [0.2, 0.25) is 0 Å². The highest BCUT2D eigenvalue weighted by molar-refractivity contribution is 5.69. The zero-order valence-electron chi connectivity index (χ0n) is 11.2. The second-order valence-corrected chi connectivity index (χ2v) is 3.68. The molecule has 0 unspecified atom stereocenters. The van der Waals surface area contributed by atoms with Gasteiger partial charge in [-0.15, -0.1) is 20.4 Å². The summed E-state index contributed by atoms with van der Waals surface area (Å²) in [5.74, 6) is 2.55. The molecule has 7 nitrogen and oxygen atoms in total. The molecule has 0 radical (unpaired) electrons. The number of methoxy groups -OCH3 is 3. The van der Waals surface area contributed by atoms with Crippen molar-refractivity contribution in [2.45, 2.75) is 6.92 Å². The highest BCUT2D eigenvalue weighted by Gasteiger charge is 2.16. The number of benzene rings is 1. The van der Waals surface area contributed by atoms with E-state index in [1.54, 1.807) is 40.4 Å². The molecule has 1 aromatic heterocycles. The van der Waals surface area contributed by atoms with Crippen molar-refractivity contribution in [3.05, 3.63) is 18.0 Å². The Kier molecular flexibility index (Phi) is 3.74. The maximum Gasteiger partial charge on any atom is 0.207 e. The van der Waals surface area contributed by atoms with E-state index >= 15 is 0 Å². The monoisotopic (exact) mass is 262 g/mol. The van der Waals surface area contributed by atoms with E-state index in [1.807, 2.05) is 0 Å². The van der Waals surface area contributed by atoms with Crippen molar-refractivity contribution in [1.29, 1.82) is 0 Å². The molecule has 0 amide bonds. The van der Waals surface area contributed by atoms with Crippen molar-refractivity contribution < 1.29 is 14.2 Å². The van der Waals surface area contributed by atoms with Gasteiger partial charge in [0, 0.05) is 6.07 Å². The largest absolute Gasteiger partial charge is 0.496 e. The molecule has 0 aliphatic rings. The highest BCUT2D eigenvalue weighted by atomic mass is 16.5. The Morgan fingerprint density at radius 1 is 0.737 bits per heavy atom. The van der Waals surface area contributed by atoms with E-state index in [0.29, 0.717) is 34.5 Å². The van der Waals surface area contributed by atoms with Crippen LogP contribution in [0.25, 0.3) is 11.4 Å². The average molecular weight is 262 g/mol. The third kappa shape index (κ3) is 2.54. The lowest BCUT2D eigenvalue weighted by atomic mass is 10.1. The van der Waals surface area contributed by atoms with Crippen LogP contribution < -0.4 is 14.2 Å². The zero-order valence-corrected chi connectivity index (χ0v) is 11.2. The van der Waals surface area contributed by atoms with Gasteiger partial charge in [0.2, 0.25) is 5.82 Å². The summed E-state index contributed by atoms with van der Waals surface area (Å²) in [5, 5.41) is 15.7. The van der Waals surface area contributed by atoms with E-state index in [9.17, 15) is 0 Å². The standard InChI is InChI=1S/C12H14N4O3/c1-7-13-15-12(16-14-7)8-5-10(18-3)11(19-4)6-9(8)17-2/h5-6H,1-4H3.